The van der Waals surface area contributed by atoms with Gasteiger partial charge in [0.05, 0.1) is 12.1 Å². The second-order valence-corrected chi connectivity index (χ2v) is 4.88. The second-order valence-electron chi connectivity index (χ2n) is 4.88. The molecule has 2 rings (SSSR count). The first kappa shape index (κ1) is 13.1. The van der Waals surface area contributed by atoms with Gasteiger partial charge in [0.1, 0.15) is 0 Å². The van der Waals surface area contributed by atoms with Crippen molar-refractivity contribution in [2.75, 3.05) is 32.7 Å². The minimum Gasteiger partial charge on any atom is -0.300 e. The summed E-state index contributed by atoms with van der Waals surface area (Å²) in [5.74, 6) is 0. The van der Waals surface area contributed by atoms with Gasteiger partial charge in [0, 0.05) is 58.1 Å². The Hall–Kier alpha value is -1.38. The molecule has 1 aromatic heterocycles. The lowest BCUT2D eigenvalue weighted by atomic mass is 10.2. The molecule has 0 radical (unpaired) electrons. The fourth-order valence-electron chi connectivity index (χ4n) is 2.38. The lowest BCUT2D eigenvalue weighted by Gasteiger charge is -2.35. The summed E-state index contributed by atoms with van der Waals surface area (Å²) in [4.78, 5) is 4.72. The van der Waals surface area contributed by atoms with Gasteiger partial charge in [-0.3, -0.25) is 9.58 Å². The molecule has 1 unspecified atom stereocenters. The van der Waals surface area contributed by atoms with Gasteiger partial charge < -0.3 is 4.90 Å². The SMILES string of the molecule is CC(C#N)N1CCN(CCc2ccnn2C)CC1. The van der Waals surface area contributed by atoms with Gasteiger partial charge in [0.25, 0.3) is 0 Å². The Morgan fingerprint density at radius 3 is 2.67 bits per heavy atom. The highest BCUT2D eigenvalue weighted by molar-refractivity contribution is 5.00. The third kappa shape index (κ3) is 3.09. The third-order valence-corrected chi connectivity index (χ3v) is 3.75. The standard InChI is InChI=1S/C13H21N5/c1-12(11-14)18-9-7-17(8-10-18)6-4-13-3-5-15-16(13)2/h3,5,12H,4,6-10H2,1-2H3. The van der Waals surface area contributed by atoms with Gasteiger partial charge in [0.2, 0.25) is 0 Å². The molecule has 1 aromatic rings. The molecule has 1 atom stereocenters. The summed E-state index contributed by atoms with van der Waals surface area (Å²) in [6.45, 7) is 7.17. The van der Waals surface area contributed by atoms with Gasteiger partial charge in [-0.2, -0.15) is 10.4 Å². The van der Waals surface area contributed by atoms with Crippen LogP contribution >= 0.6 is 0 Å². The normalized spacial score (nSPS) is 19.6. The van der Waals surface area contributed by atoms with E-state index in [1.807, 2.05) is 24.9 Å². The topological polar surface area (TPSA) is 48.1 Å². The summed E-state index contributed by atoms with van der Waals surface area (Å²) in [5, 5.41) is 13.1. The van der Waals surface area contributed by atoms with Gasteiger partial charge in [-0.1, -0.05) is 0 Å². The van der Waals surface area contributed by atoms with Crippen LogP contribution in [0.15, 0.2) is 12.3 Å². The van der Waals surface area contributed by atoms with E-state index >= 15 is 0 Å². The van der Waals surface area contributed by atoms with Crippen LogP contribution in [0.5, 0.6) is 0 Å². The van der Waals surface area contributed by atoms with E-state index in [4.69, 9.17) is 5.26 Å². The largest absolute Gasteiger partial charge is 0.300 e. The smallest absolute Gasteiger partial charge is 0.0950 e. The molecule has 0 aromatic carbocycles. The maximum atomic E-state index is 8.90. The van der Waals surface area contributed by atoms with E-state index < -0.39 is 0 Å². The summed E-state index contributed by atoms with van der Waals surface area (Å²) in [5.41, 5.74) is 1.28. The molecular weight excluding hydrogens is 226 g/mol. The van der Waals surface area contributed by atoms with Crippen LogP contribution in [-0.2, 0) is 13.5 Å². The molecule has 0 spiro atoms. The van der Waals surface area contributed by atoms with Crippen molar-refractivity contribution in [2.45, 2.75) is 19.4 Å². The Labute approximate surface area is 109 Å². The molecule has 18 heavy (non-hydrogen) atoms. The first-order valence-electron chi connectivity index (χ1n) is 6.53. The van der Waals surface area contributed by atoms with Crippen molar-refractivity contribution in [2.24, 2.45) is 7.05 Å². The van der Waals surface area contributed by atoms with Crippen LogP contribution in [0.4, 0.5) is 0 Å². The van der Waals surface area contributed by atoms with Crippen LogP contribution in [-0.4, -0.2) is 58.3 Å². The molecule has 0 N–H and O–H groups in total. The van der Waals surface area contributed by atoms with Crippen molar-refractivity contribution in [1.82, 2.24) is 19.6 Å². The van der Waals surface area contributed by atoms with Crippen LogP contribution < -0.4 is 0 Å². The molecule has 5 heteroatoms. The number of piperazine rings is 1. The van der Waals surface area contributed by atoms with E-state index in [-0.39, 0.29) is 6.04 Å². The van der Waals surface area contributed by atoms with Gasteiger partial charge >= 0.3 is 0 Å². The van der Waals surface area contributed by atoms with Crippen molar-refractivity contribution in [3.8, 4) is 6.07 Å². The van der Waals surface area contributed by atoms with Crippen LogP contribution in [0.1, 0.15) is 12.6 Å². The Balaban J connectivity index is 1.74. The molecule has 1 aliphatic rings. The number of nitriles is 1. The van der Waals surface area contributed by atoms with Gasteiger partial charge in [-0.25, -0.2) is 0 Å². The zero-order valence-electron chi connectivity index (χ0n) is 11.2. The highest BCUT2D eigenvalue weighted by Crippen LogP contribution is 2.07. The monoisotopic (exact) mass is 247 g/mol. The zero-order valence-corrected chi connectivity index (χ0v) is 11.2. The van der Waals surface area contributed by atoms with Crippen LogP contribution in [0.2, 0.25) is 0 Å². The van der Waals surface area contributed by atoms with E-state index in [0.29, 0.717) is 0 Å². The molecule has 0 amide bonds. The fourth-order valence-corrected chi connectivity index (χ4v) is 2.38. The zero-order chi connectivity index (χ0) is 13.0. The van der Waals surface area contributed by atoms with E-state index in [0.717, 1.165) is 39.1 Å². The summed E-state index contributed by atoms with van der Waals surface area (Å²) in [7, 11) is 1.99. The van der Waals surface area contributed by atoms with Crippen LogP contribution in [0.3, 0.4) is 0 Å². The fraction of sp³-hybridized carbons (Fsp3) is 0.692. The first-order valence-corrected chi connectivity index (χ1v) is 6.53. The van der Waals surface area contributed by atoms with Crippen molar-refractivity contribution in [1.29, 1.82) is 5.26 Å². The van der Waals surface area contributed by atoms with Gasteiger partial charge in [-0.15, -0.1) is 0 Å². The molecular formula is C13H21N5. The predicted octanol–water partition coefficient (Wildman–Crippen LogP) is 0.492. The third-order valence-electron chi connectivity index (χ3n) is 3.75. The maximum Gasteiger partial charge on any atom is 0.0950 e. The Morgan fingerprint density at radius 2 is 2.11 bits per heavy atom. The van der Waals surface area contributed by atoms with Crippen LogP contribution in [0.25, 0.3) is 0 Å². The highest BCUT2D eigenvalue weighted by atomic mass is 15.3. The summed E-state index contributed by atoms with van der Waals surface area (Å²) in [6, 6.07) is 4.43. The predicted molar refractivity (Wildman–Crippen MR) is 70.0 cm³/mol. The summed E-state index contributed by atoms with van der Waals surface area (Å²) >= 11 is 0. The molecule has 1 fully saturated rings. The van der Waals surface area contributed by atoms with E-state index in [1.54, 1.807) is 0 Å². The maximum absolute atomic E-state index is 8.90. The Kier molecular flexibility index (Phi) is 4.34. The average Bonchev–Trinajstić information content (AvgIpc) is 2.81. The van der Waals surface area contributed by atoms with Crippen molar-refractivity contribution >= 4 is 0 Å². The number of hydrogen-bond acceptors (Lipinski definition) is 4. The minimum absolute atomic E-state index is 0.0456. The second kappa shape index (κ2) is 5.98. The lowest BCUT2D eigenvalue weighted by Crippen LogP contribution is -2.49. The number of hydrogen-bond donors (Lipinski definition) is 0. The van der Waals surface area contributed by atoms with Crippen LogP contribution in [0, 0.1) is 11.3 Å². The highest BCUT2D eigenvalue weighted by Gasteiger charge is 2.20. The van der Waals surface area contributed by atoms with E-state index in [1.165, 1.54) is 5.69 Å². The Morgan fingerprint density at radius 1 is 1.39 bits per heavy atom. The molecule has 2 heterocycles. The first-order chi connectivity index (χ1) is 8.70. The average molecular weight is 247 g/mol. The van der Waals surface area contributed by atoms with E-state index in [9.17, 15) is 0 Å². The molecule has 98 valence electrons. The molecule has 0 aliphatic carbocycles. The molecule has 5 nitrogen and oxygen atoms in total. The summed E-state index contributed by atoms with van der Waals surface area (Å²) in [6.07, 6.45) is 2.90. The lowest BCUT2D eigenvalue weighted by molar-refractivity contribution is 0.120. The van der Waals surface area contributed by atoms with Crippen molar-refractivity contribution < 1.29 is 0 Å². The molecule has 0 bridgehead atoms. The van der Waals surface area contributed by atoms with Crippen molar-refractivity contribution in [3.63, 3.8) is 0 Å². The summed E-state index contributed by atoms with van der Waals surface area (Å²) < 4.78 is 1.94. The van der Waals surface area contributed by atoms with Crippen molar-refractivity contribution in [3.05, 3.63) is 18.0 Å². The van der Waals surface area contributed by atoms with E-state index in [2.05, 4.69) is 27.0 Å². The van der Waals surface area contributed by atoms with Gasteiger partial charge in [0.15, 0.2) is 0 Å². The molecule has 1 aliphatic heterocycles. The molecule has 1 saturated heterocycles. The number of nitrogens with zero attached hydrogens (tertiary/aromatic N) is 5. The number of aryl methyl sites for hydroxylation is 1. The van der Waals surface area contributed by atoms with Gasteiger partial charge in [-0.05, 0) is 13.0 Å². The molecule has 0 saturated carbocycles. The number of rotatable bonds is 4. The number of aromatic nitrogens is 2. The quantitative estimate of drug-likeness (QED) is 0.777. The minimum atomic E-state index is 0.0456. The Bertz CT molecular complexity index is 411.